The number of carbonyl (C=O) groups is 2. The van der Waals surface area contributed by atoms with Crippen molar-refractivity contribution < 1.29 is 28.2 Å². The Balaban J connectivity index is 1.43. The minimum atomic E-state index is -3.73. The lowest BCUT2D eigenvalue weighted by molar-refractivity contribution is -0.118. The fourth-order valence-electron chi connectivity index (χ4n) is 3.75. The van der Waals surface area contributed by atoms with E-state index in [-0.39, 0.29) is 22.0 Å². The van der Waals surface area contributed by atoms with Crippen LogP contribution in [0.1, 0.15) is 21.5 Å². The minimum Gasteiger partial charge on any atom is -0.504 e. The molecule has 7 nitrogen and oxygen atoms in total. The fraction of sp³-hybridized carbons (Fsp3) is 0.167. The van der Waals surface area contributed by atoms with Gasteiger partial charge in [-0.3, -0.25) is 9.59 Å². The van der Waals surface area contributed by atoms with Crippen molar-refractivity contribution in [1.82, 2.24) is 0 Å². The highest BCUT2D eigenvalue weighted by molar-refractivity contribution is 7.91. The Kier molecular flexibility index (Phi) is 5.71. The molecule has 1 aliphatic heterocycles. The van der Waals surface area contributed by atoms with Crippen molar-refractivity contribution in [2.45, 2.75) is 17.7 Å². The molecule has 1 heterocycles. The van der Waals surface area contributed by atoms with Gasteiger partial charge in [0.2, 0.25) is 5.91 Å². The van der Waals surface area contributed by atoms with Crippen LogP contribution in [0.2, 0.25) is 0 Å². The van der Waals surface area contributed by atoms with Gasteiger partial charge in [-0.15, -0.1) is 0 Å². The molecule has 1 aliphatic rings. The van der Waals surface area contributed by atoms with E-state index < -0.39 is 33.2 Å². The van der Waals surface area contributed by atoms with Gasteiger partial charge in [0, 0.05) is 11.3 Å². The van der Waals surface area contributed by atoms with Gasteiger partial charge in [-0.1, -0.05) is 42.5 Å². The van der Waals surface area contributed by atoms with E-state index in [2.05, 4.69) is 5.32 Å². The first kappa shape index (κ1) is 21.6. The molecule has 0 aromatic heterocycles. The van der Waals surface area contributed by atoms with Gasteiger partial charge in [0.1, 0.15) is 5.92 Å². The van der Waals surface area contributed by atoms with Crippen LogP contribution >= 0.6 is 0 Å². The number of amides is 1. The Hall–Kier alpha value is -3.65. The molecule has 0 spiro atoms. The van der Waals surface area contributed by atoms with Crippen LogP contribution in [0, 0.1) is 5.92 Å². The highest BCUT2D eigenvalue weighted by Crippen LogP contribution is 2.30. The number of anilines is 1. The first-order valence-electron chi connectivity index (χ1n) is 10.0. The van der Waals surface area contributed by atoms with Gasteiger partial charge in [0.25, 0.3) is 0 Å². The third-order valence-electron chi connectivity index (χ3n) is 5.51. The number of para-hydroxylation sites is 1. The quantitative estimate of drug-likeness (QED) is 0.405. The molecule has 4 rings (SSSR count). The van der Waals surface area contributed by atoms with Crippen molar-refractivity contribution in [3.63, 3.8) is 0 Å². The maximum atomic E-state index is 12.7. The van der Waals surface area contributed by atoms with Crippen molar-refractivity contribution in [1.29, 1.82) is 0 Å². The van der Waals surface area contributed by atoms with Crippen LogP contribution in [0.15, 0.2) is 71.6 Å². The molecule has 1 amide bonds. The summed E-state index contributed by atoms with van der Waals surface area (Å²) in [6.45, 7) is 0. The molecule has 164 valence electrons. The molecule has 0 fully saturated rings. The van der Waals surface area contributed by atoms with E-state index in [1.165, 1.54) is 18.2 Å². The molecule has 8 heteroatoms. The van der Waals surface area contributed by atoms with Crippen molar-refractivity contribution in [2.75, 3.05) is 11.1 Å². The smallest absolute Gasteiger partial charge is 0.236 e. The monoisotopic (exact) mass is 451 g/mol. The van der Waals surface area contributed by atoms with Crippen molar-refractivity contribution in [3.8, 4) is 11.5 Å². The van der Waals surface area contributed by atoms with Crippen molar-refractivity contribution in [2.24, 2.45) is 5.92 Å². The fourth-order valence-corrected chi connectivity index (χ4v) is 5.46. The van der Waals surface area contributed by atoms with E-state index in [1.54, 1.807) is 48.5 Å². The highest BCUT2D eigenvalue weighted by Gasteiger charge is 2.40. The molecule has 0 saturated carbocycles. The van der Waals surface area contributed by atoms with Crippen molar-refractivity contribution >= 4 is 27.2 Å². The van der Waals surface area contributed by atoms with E-state index in [0.29, 0.717) is 24.1 Å². The van der Waals surface area contributed by atoms with E-state index in [4.69, 9.17) is 0 Å². The van der Waals surface area contributed by atoms with Gasteiger partial charge in [-0.2, -0.15) is 0 Å². The van der Waals surface area contributed by atoms with Gasteiger partial charge in [-0.05, 0) is 48.2 Å². The standard InChI is InChI=1S/C24H21NO6S/c26-20-6-3-4-16(22(20)27)11-8-15-9-12-17(13-10-15)25-24(29)19-14-32(30,31)21-7-2-1-5-18(21)23(19)28/h1-7,9-10,12-13,19,26-27H,8,11,14H2,(H,25,29). The van der Waals surface area contributed by atoms with Gasteiger partial charge in [0.15, 0.2) is 27.1 Å². The molecule has 3 aromatic carbocycles. The third kappa shape index (κ3) is 4.22. The second-order valence-corrected chi connectivity index (χ2v) is 9.67. The second-order valence-electron chi connectivity index (χ2n) is 7.67. The van der Waals surface area contributed by atoms with E-state index in [1.807, 2.05) is 0 Å². The second kappa shape index (κ2) is 8.47. The summed E-state index contributed by atoms with van der Waals surface area (Å²) in [7, 11) is -3.73. The predicted octanol–water partition coefficient (Wildman–Crippen LogP) is 3.11. The van der Waals surface area contributed by atoms with Gasteiger partial charge in [0.05, 0.1) is 10.6 Å². The molecule has 3 aromatic rings. The number of benzene rings is 3. The zero-order valence-corrected chi connectivity index (χ0v) is 17.8. The number of hydrogen-bond donors (Lipinski definition) is 3. The molecular weight excluding hydrogens is 430 g/mol. The number of hydrogen-bond acceptors (Lipinski definition) is 6. The summed E-state index contributed by atoms with van der Waals surface area (Å²) in [5.41, 5.74) is 2.06. The number of sulfone groups is 1. The summed E-state index contributed by atoms with van der Waals surface area (Å²) >= 11 is 0. The molecular formula is C24H21NO6S. The van der Waals surface area contributed by atoms with Gasteiger partial charge < -0.3 is 15.5 Å². The zero-order valence-electron chi connectivity index (χ0n) is 17.0. The van der Waals surface area contributed by atoms with Crippen molar-refractivity contribution in [3.05, 3.63) is 83.4 Å². The Bertz CT molecular complexity index is 1300. The number of rotatable bonds is 5. The normalized spacial score (nSPS) is 16.9. The number of aryl methyl sites for hydroxylation is 2. The minimum absolute atomic E-state index is 0.0313. The highest BCUT2D eigenvalue weighted by atomic mass is 32.2. The lowest BCUT2D eigenvalue weighted by atomic mass is 9.97. The predicted molar refractivity (Wildman–Crippen MR) is 119 cm³/mol. The number of fused-ring (bicyclic) bond motifs is 1. The van der Waals surface area contributed by atoms with Crippen LogP contribution in [-0.2, 0) is 27.5 Å². The first-order valence-corrected chi connectivity index (χ1v) is 11.7. The van der Waals surface area contributed by atoms with Crippen LogP contribution in [0.4, 0.5) is 5.69 Å². The molecule has 32 heavy (non-hydrogen) atoms. The zero-order chi connectivity index (χ0) is 22.9. The molecule has 0 aliphatic carbocycles. The van der Waals surface area contributed by atoms with Crippen LogP contribution in [-0.4, -0.2) is 36.1 Å². The summed E-state index contributed by atoms with van der Waals surface area (Å²) < 4.78 is 25.0. The van der Waals surface area contributed by atoms with Crippen LogP contribution in [0.5, 0.6) is 11.5 Å². The number of nitrogens with one attached hydrogen (secondary N) is 1. The van der Waals surface area contributed by atoms with E-state index >= 15 is 0 Å². The number of ketones is 1. The Morgan fingerprint density at radius 3 is 2.41 bits per heavy atom. The summed E-state index contributed by atoms with van der Waals surface area (Å²) in [6.07, 6.45) is 1.11. The van der Waals surface area contributed by atoms with Crippen LogP contribution in [0.25, 0.3) is 0 Å². The summed E-state index contributed by atoms with van der Waals surface area (Å²) in [5, 5.41) is 22.1. The summed E-state index contributed by atoms with van der Waals surface area (Å²) in [6, 6.07) is 17.7. The lowest BCUT2D eigenvalue weighted by Crippen LogP contribution is -2.39. The number of Topliss-reactive ketones (excluding diaryl/α,β-unsaturated/α-hetero) is 1. The van der Waals surface area contributed by atoms with E-state index in [9.17, 15) is 28.2 Å². The Morgan fingerprint density at radius 2 is 1.66 bits per heavy atom. The average Bonchev–Trinajstić information content (AvgIpc) is 2.78. The first-order chi connectivity index (χ1) is 15.3. The number of aromatic hydroxyl groups is 2. The molecule has 3 N–H and O–H groups in total. The number of phenolic OH excluding ortho intramolecular Hbond substituents is 2. The topological polar surface area (TPSA) is 121 Å². The van der Waals surface area contributed by atoms with Crippen LogP contribution < -0.4 is 5.32 Å². The number of carbonyl (C=O) groups excluding carboxylic acids is 2. The Morgan fingerprint density at radius 1 is 0.938 bits per heavy atom. The van der Waals surface area contributed by atoms with Gasteiger partial charge in [-0.25, -0.2) is 8.42 Å². The molecule has 1 atom stereocenters. The summed E-state index contributed by atoms with van der Waals surface area (Å²) in [4.78, 5) is 25.4. The summed E-state index contributed by atoms with van der Waals surface area (Å²) in [5.74, 6) is -3.32. The van der Waals surface area contributed by atoms with Gasteiger partial charge >= 0.3 is 0 Å². The lowest BCUT2D eigenvalue weighted by Gasteiger charge is -2.22. The average molecular weight is 452 g/mol. The molecule has 1 unspecified atom stereocenters. The maximum Gasteiger partial charge on any atom is 0.236 e. The maximum absolute atomic E-state index is 12.7. The number of phenols is 2. The van der Waals surface area contributed by atoms with E-state index in [0.717, 1.165) is 5.56 Å². The molecule has 0 radical (unpaired) electrons. The van der Waals surface area contributed by atoms with Crippen LogP contribution in [0.3, 0.4) is 0 Å². The molecule has 0 saturated heterocycles. The Labute approximate surface area is 185 Å². The molecule has 0 bridgehead atoms. The third-order valence-corrected chi connectivity index (χ3v) is 7.31. The largest absolute Gasteiger partial charge is 0.504 e. The SMILES string of the molecule is O=C(Nc1ccc(CCc2cccc(O)c2O)cc1)C1CS(=O)(=O)c2ccccc2C1=O.